The van der Waals surface area contributed by atoms with Gasteiger partial charge in [-0.05, 0) is 30.2 Å². The minimum Gasteiger partial charge on any atom is -0.322 e. The molecule has 6 rings (SSSR count). The number of hydrogen-bond acceptors (Lipinski definition) is 7. The molecule has 0 amide bonds. The van der Waals surface area contributed by atoms with Crippen molar-refractivity contribution in [2.24, 2.45) is 0 Å². The largest absolute Gasteiger partial charge is 0.322 e. The lowest BCUT2D eigenvalue weighted by atomic mass is 10.1. The Morgan fingerprint density at radius 1 is 1.03 bits per heavy atom. The third-order valence-electron chi connectivity index (χ3n) is 6.76. The summed E-state index contributed by atoms with van der Waals surface area (Å²) in [5, 5.41) is 6.33. The predicted octanol–water partition coefficient (Wildman–Crippen LogP) is 3.77. The number of benzene rings is 1. The Morgan fingerprint density at radius 2 is 1.89 bits per heavy atom. The summed E-state index contributed by atoms with van der Waals surface area (Å²) in [4.78, 5) is 19.4. The fourth-order valence-electron chi connectivity index (χ4n) is 4.96. The number of pyridine rings is 1. The van der Waals surface area contributed by atoms with Gasteiger partial charge in [-0.1, -0.05) is 6.07 Å². The van der Waals surface area contributed by atoms with Gasteiger partial charge in [0.15, 0.2) is 11.6 Å². The first-order valence-corrected chi connectivity index (χ1v) is 12.0. The molecule has 0 radical (unpaired) electrons. The second-order valence-corrected chi connectivity index (χ2v) is 9.16. The lowest BCUT2D eigenvalue weighted by molar-refractivity contribution is 0.233. The summed E-state index contributed by atoms with van der Waals surface area (Å²) in [6.45, 7) is 4.20. The quantitative estimate of drug-likeness (QED) is 0.422. The van der Waals surface area contributed by atoms with Crippen LogP contribution in [0.2, 0.25) is 0 Å². The number of rotatable bonds is 6. The van der Waals surface area contributed by atoms with Crippen LogP contribution in [0.5, 0.6) is 0 Å². The van der Waals surface area contributed by atoms with Gasteiger partial charge in [0.1, 0.15) is 29.5 Å². The van der Waals surface area contributed by atoms with Crippen LogP contribution < -0.4 is 10.6 Å². The van der Waals surface area contributed by atoms with Crippen molar-refractivity contribution in [1.29, 1.82) is 0 Å². The van der Waals surface area contributed by atoms with E-state index < -0.39 is 24.4 Å². The number of aryl methyl sites for hydroxylation is 1. The molecule has 2 aliphatic heterocycles. The molecule has 8 nitrogen and oxygen atoms in total. The highest BCUT2D eigenvalue weighted by atomic mass is 19.1. The molecule has 1 fully saturated rings. The van der Waals surface area contributed by atoms with Gasteiger partial charge in [0, 0.05) is 50.9 Å². The zero-order chi connectivity index (χ0) is 24.6. The Bertz CT molecular complexity index is 1400. The Morgan fingerprint density at radius 3 is 2.67 bits per heavy atom. The summed E-state index contributed by atoms with van der Waals surface area (Å²) in [5.74, 6) is -0.00847. The summed E-state index contributed by atoms with van der Waals surface area (Å²) in [6, 6.07) is 6.22. The standard InChI is InChI=1S/C25H25F3N8/c26-11-17-2-4-22-33-24-18(27)9-16(10-20(24)36(17)22)23-19(28)13-31-25(34-23)32-21-3-1-15(12-30-21)14-35-7-5-29-6-8-35/h1,3,9-10,12-13,17,29H,2,4-8,11,14H2,(H,30,31,32,34)/t17-/m0/s1. The van der Waals surface area contributed by atoms with E-state index in [1.54, 1.807) is 16.8 Å². The highest BCUT2D eigenvalue weighted by Crippen LogP contribution is 2.35. The van der Waals surface area contributed by atoms with Crippen molar-refractivity contribution >= 4 is 22.8 Å². The van der Waals surface area contributed by atoms with Crippen LogP contribution in [0.25, 0.3) is 22.3 Å². The molecule has 3 aromatic heterocycles. The molecule has 5 heterocycles. The highest BCUT2D eigenvalue weighted by molar-refractivity contribution is 5.83. The molecule has 1 saturated heterocycles. The maximum Gasteiger partial charge on any atom is 0.229 e. The van der Waals surface area contributed by atoms with E-state index in [4.69, 9.17) is 0 Å². The Kier molecular flexibility index (Phi) is 6.02. The third-order valence-corrected chi connectivity index (χ3v) is 6.76. The fraction of sp³-hybridized carbons (Fsp3) is 0.360. The van der Waals surface area contributed by atoms with Crippen molar-refractivity contribution in [2.45, 2.75) is 25.4 Å². The first-order valence-electron chi connectivity index (χ1n) is 12.0. The van der Waals surface area contributed by atoms with Gasteiger partial charge in [-0.15, -0.1) is 0 Å². The van der Waals surface area contributed by atoms with Crippen molar-refractivity contribution in [3.63, 3.8) is 0 Å². The Balaban J connectivity index is 1.26. The Labute approximate surface area is 205 Å². The third kappa shape index (κ3) is 4.28. The van der Waals surface area contributed by atoms with Crippen molar-refractivity contribution in [3.05, 3.63) is 59.7 Å². The predicted molar refractivity (Wildman–Crippen MR) is 130 cm³/mol. The second-order valence-electron chi connectivity index (χ2n) is 9.16. The smallest absolute Gasteiger partial charge is 0.229 e. The molecule has 186 valence electrons. The van der Waals surface area contributed by atoms with E-state index >= 15 is 0 Å². The number of halogens is 3. The zero-order valence-corrected chi connectivity index (χ0v) is 19.5. The van der Waals surface area contributed by atoms with Gasteiger partial charge >= 0.3 is 0 Å². The van der Waals surface area contributed by atoms with Crippen molar-refractivity contribution in [3.8, 4) is 11.3 Å². The molecule has 1 aromatic carbocycles. The van der Waals surface area contributed by atoms with Crippen LogP contribution in [0.3, 0.4) is 0 Å². The average molecular weight is 495 g/mol. The number of aromatic nitrogens is 5. The molecule has 2 aliphatic rings. The lowest BCUT2D eigenvalue weighted by Crippen LogP contribution is -2.42. The summed E-state index contributed by atoms with van der Waals surface area (Å²) in [6.07, 6.45) is 4.02. The number of anilines is 2. The topological polar surface area (TPSA) is 83.8 Å². The average Bonchev–Trinajstić information content (AvgIpc) is 3.47. The summed E-state index contributed by atoms with van der Waals surface area (Å²) in [7, 11) is 0. The summed E-state index contributed by atoms with van der Waals surface area (Å²) >= 11 is 0. The monoisotopic (exact) mass is 494 g/mol. The molecular formula is C25H25F3N8. The number of hydrogen-bond donors (Lipinski definition) is 2. The lowest BCUT2D eigenvalue weighted by Gasteiger charge is -2.27. The van der Waals surface area contributed by atoms with Crippen LogP contribution in [0.4, 0.5) is 24.9 Å². The van der Waals surface area contributed by atoms with Gasteiger partial charge in [0.05, 0.1) is 17.8 Å². The molecule has 4 aromatic rings. The van der Waals surface area contributed by atoms with E-state index in [-0.39, 0.29) is 22.7 Å². The number of fused-ring (bicyclic) bond motifs is 3. The van der Waals surface area contributed by atoms with Gasteiger partial charge in [-0.3, -0.25) is 4.90 Å². The molecule has 36 heavy (non-hydrogen) atoms. The molecule has 0 bridgehead atoms. The first kappa shape index (κ1) is 22.9. The van der Waals surface area contributed by atoms with E-state index in [1.807, 2.05) is 12.1 Å². The van der Waals surface area contributed by atoms with Crippen LogP contribution in [0.15, 0.2) is 36.7 Å². The highest BCUT2D eigenvalue weighted by Gasteiger charge is 2.27. The molecule has 0 saturated carbocycles. The molecule has 0 unspecified atom stereocenters. The number of piperazine rings is 1. The molecule has 11 heteroatoms. The number of imidazole rings is 1. The van der Waals surface area contributed by atoms with Gasteiger partial charge in [0.2, 0.25) is 5.95 Å². The van der Waals surface area contributed by atoms with Gasteiger partial charge < -0.3 is 15.2 Å². The molecule has 0 aliphatic carbocycles. The number of nitrogens with zero attached hydrogens (tertiary/aromatic N) is 6. The normalized spacial score (nSPS) is 18.0. The minimum absolute atomic E-state index is 0.0611. The van der Waals surface area contributed by atoms with Crippen molar-refractivity contribution < 1.29 is 13.2 Å². The maximum atomic E-state index is 14.9. The molecular weight excluding hydrogens is 469 g/mol. The van der Waals surface area contributed by atoms with Gasteiger partial charge in [-0.2, -0.15) is 0 Å². The molecule has 0 spiro atoms. The SMILES string of the molecule is FC[C@@H]1CCc2nc3c(F)cc(-c4nc(Nc5ccc(CN6CCNCC6)cn5)ncc4F)cc3n21. The van der Waals surface area contributed by atoms with Crippen LogP contribution in [-0.4, -0.2) is 62.3 Å². The Hall–Kier alpha value is -3.57. The van der Waals surface area contributed by atoms with E-state index in [9.17, 15) is 13.2 Å². The van der Waals surface area contributed by atoms with Gasteiger partial charge in [0.25, 0.3) is 0 Å². The van der Waals surface area contributed by atoms with E-state index in [1.165, 1.54) is 6.07 Å². The van der Waals surface area contributed by atoms with Crippen LogP contribution in [-0.2, 0) is 13.0 Å². The summed E-state index contributed by atoms with van der Waals surface area (Å²) in [5.41, 5.74) is 1.86. The zero-order valence-electron chi connectivity index (χ0n) is 19.5. The fourth-order valence-corrected chi connectivity index (χ4v) is 4.96. The molecule has 2 N–H and O–H groups in total. The maximum absolute atomic E-state index is 14.9. The van der Waals surface area contributed by atoms with Gasteiger partial charge in [-0.25, -0.2) is 33.1 Å². The second kappa shape index (κ2) is 9.47. The van der Waals surface area contributed by atoms with E-state index in [2.05, 4.69) is 35.5 Å². The van der Waals surface area contributed by atoms with Crippen molar-refractivity contribution in [2.75, 3.05) is 38.2 Å². The minimum atomic E-state index is -0.693. The van der Waals surface area contributed by atoms with Crippen LogP contribution in [0.1, 0.15) is 23.9 Å². The van der Waals surface area contributed by atoms with Crippen LogP contribution >= 0.6 is 0 Å². The van der Waals surface area contributed by atoms with E-state index in [0.29, 0.717) is 30.0 Å². The number of nitrogens with one attached hydrogen (secondary N) is 2. The van der Waals surface area contributed by atoms with Crippen molar-refractivity contribution in [1.82, 2.24) is 34.7 Å². The van der Waals surface area contributed by atoms with Crippen LogP contribution in [0, 0.1) is 11.6 Å². The number of alkyl halides is 1. The first-order chi connectivity index (χ1) is 17.6. The summed E-state index contributed by atoms with van der Waals surface area (Å²) < 4.78 is 44.9. The molecule has 1 atom stereocenters. The van der Waals surface area contributed by atoms with E-state index in [0.717, 1.165) is 44.5 Å².